The van der Waals surface area contributed by atoms with E-state index in [1.54, 1.807) is 12.1 Å². The molecule has 88 valence electrons. The molecule has 0 amide bonds. The Morgan fingerprint density at radius 2 is 2.25 bits per heavy atom. The van der Waals surface area contributed by atoms with Crippen LogP contribution < -0.4 is 5.73 Å². The van der Waals surface area contributed by atoms with Gasteiger partial charge in [0, 0.05) is 25.2 Å². The third-order valence-corrected chi connectivity index (χ3v) is 3.12. The summed E-state index contributed by atoms with van der Waals surface area (Å²) in [5, 5.41) is 9.48. The molecule has 1 aromatic rings. The van der Waals surface area contributed by atoms with Gasteiger partial charge in [0.05, 0.1) is 12.1 Å². The topological polar surface area (TPSA) is 49.5 Å². The first kappa shape index (κ1) is 11.5. The second-order valence-corrected chi connectivity index (χ2v) is 4.21. The molecule has 0 bridgehead atoms. The summed E-state index contributed by atoms with van der Waals surface area (Å²) in [6, 6.07) is 6.57. The second kappa shape index (κ2) is 4.91. The highest BCUT2D eigenvalue weighted by Crippen LogP contribution is 2.26. The van der Waals surface area contributed by atoms with E-state index in [1.165, 1.54) is 6.07 Å². The minimum Gasteiger partial charge on any atom is -0.392 e. The van der Waals surface area contributed by atoms with Gasteiger partial charge in [-0.25, -0.2) is 4.39 Å². The van der Waals surface area contributed by atoms with Crippen molar-refractivity contribution in [2.45, 2.75) is 18.6 Å². The van der Waals surface area contributed by atoms with Gasteiger partial charge in [0.2, 0.25) is 0 Å². The van der Waals surface area contributed by atoms with Crippen LogP contribution in [0.1, 0.15) is 18.0 Å². The number of aliphatic hydroxyl groups excluding tert-OH is 1. The zero-order chi connectivity index (χ0) is 11.5. The first-order chi connectivity index (χ1) is 7.72. The minimum absolute atomic E-state index is 0.127. The van der Waals surface area contributed by atoms with Crippen molar-refractivity contribution >= 4 is 0 Å². The molecular formula is C12H17FN2O. The molecule has 3 N–H and O–H groups in total. The van der Waals surface area contributed by atoms with Crippen LogP contribution in [-0.2, 0) is 0 Å². The number of aliphatic hydroxyl groups is 1. The number of hydrogen-bond donors (Lipinski definition) is 2. The first-order valence-electron chi connectivity index (χ1n) is 5.59. The first-order valence-corrected chi connectivity index (χ1v) is 5.59. The average molecular weight is 224 g/mol. The van der Waals surface area contributed by atoms with E-state index in [9.17, 15) is 9.50 Å². The molecular weight excluding hydrogens is 207 g/mol. The molecule has 4 heteroatoms. The molecule has 3 nitrogen and oxygen atoms in total. The molecule has 0 spiro atoms. The lowest BCUT2D eigenvalue weighted by molar-refractivity contribution is 0.159. The summed E-state index contributed by atoms with van der Waals surface area (Å²) in [5.41, 5.74) is 6.33. The molecule has 2 atom stereocenters. The van der Waals surface area contributed by atoms with E-state index in [1.807, 2.05) is 11.0 Å². The van der Waals surface area contributed by atoms with E-state index in [0.29, 0.717) is 18.7 Å². The lowest BCUT2D eigenvalue weighted by atomic mass is 10.1. The van der Waals surface area contributed by atoms with Gasteiger partial charge in [-0.15, -0.1) is 0 Å². The highest BCUT2D eigenvalue weighted by molar-refractivity contribution is 5.22. The average Bonchev–Trinajstić information content (AvgIpc) is 2.69. The highest BCUT2D eigenvalue weighted by Gasteiger charge is 2.28. The van der Waals surface area contributed by atoms with Gasteiger partial charge in [0.15, 0.2) is 0 Å². The SMILES string of the molecule is NCC(c1ccccc1F)N1CCC(O)C1. The zero-order valence-corrected chi connectivity index (χ0v) is 9.14. The van der Waals surface area contributed by atoms with Crippen molar-refractivity contribution in [3.63, 3.8) is 0 Å². The molecule has 2 unspecified atom stereocenters. The summed E-state index contributed by atoms with van der Waals surface area (Å²) in [5.74, 6) is -0.223. The number of nitrogens with zero attached hydrogens (tertiary/aromatic N) is 1. The van der Waals surface area contributed by atoms with Crippen LogP contribution in [0, 0.1) is 5.82 Å². The van der Waals surface area contributed by atoms with Crippen molar-refractivity contribution in [2.75, 3.05) is 19.6 Å². The molecule has 2 rings (SSSR count). The van der Waals surface area contributed by atoms with Gasteiger partial charge in [-0.3, -0.25) is 4.90 Å². The molecule has 1 heterocycles. The van der Waals surface area contributed by atoms with Gasteiger partial charge in [-0.1, -0.05) is 18.2 Å². The second-order valence-electron chi connectivity index (χ2n) is 4.21. The van der Waals surface area contributed by atoms with E-state index >= 15 is 0 Å². The number of benzene rings is 1. The number of likely N-dealkylation sites (tertiary alicyclic amines) is 1. The fraction of sp³-hybridized carbons (Fsp3) is 0.500. The van der Waals surface area contributed by atoms with E-state index in [-0.39, 0.29) is 18.0 Å². The molecule has 0 saturated carbocycles. The van der Waals surface area contributed by atoms with Crippen LogP contribution >= 0.6 is 0 Å². The Morgan fingerprint density at radius 3 is 2.81 bits per heavy atom. The van der Waals surface area contributed by atoms with E-state index in [2.05, 4.69) is 0 Å². The summed E-state index contributed by atoms with van der Waals surface area (Å²) in [7, 11) is 0. The number of hydrogen-bond acceptors (Lipinski definition) is 3. The van der Waals surface area contributed by atoms with Gasteiger partial charge in [0.25, 0.3) is 0 Å². The lowest BCUT2D eigenvalue weighted by Crippen LogP contribution is -2.33. The zero-order valence-electron chi connectivity index (χ0n) is 9.14. The van der Waals surface area contributed by atoms with Crippen molar-refractivity contribution in [1.29, 1.82) is 0 Å². The standard InChI is InChI=1S/C12H17FN2O/c13-11-4-2-1-3-10(11)12(7-14)15-6-5-9(16)8-15/h1-4,9,12,16H,5-8,14H2. The number of halogens is 1. The third-order valence-electron chi connectivity index (χ3n) is 3.12. The summed E-state index contributed by atoms with van der Waals surface area (Å²) >= 11 is 0. The van der Waals surface area contributed by atoms with Crippen molar-refractivity contribution in [3.8, 4) is 0 Å². The lowest BCUT2D eigenvalue weighted by Gasteiger charge is -2.26. The van der Waals surface area contributed by atoms with Crippen molar-refractivity contribution in [3.05, 3.63) is 35.6 Å². The van der Waals surface area contributed by atoms with E-state index < -0.39 is 0 Å². The molecule has 0 aromatic heterocycles. The third kappa shape index (κ3) is 2.24. The van der Waals surface area contributed by atoms with E-state index in [4.69, 9.17) is 5.73 Å². The maximum absolute atomic E-state index is 13.6. The van der Waals surface area contributed by atoms with E-state index in [0.717, 1.165) is 13.0 Å². The molecule has 0 aliphatic carbocycles. The maximum Gasteiger partial charge on any atom is 0.128 e. The Hall–Kier alpha value is -0.970. The molecule has 0 radical (unpaired) electrons. The van der Waals surface area contributed by atoms with Crippen molar-refractivity contribution < 1.29 is 9.50 Å². The molecule has 16 heavy (non-hydrogen) atoms. The highest BCUT2D eigenvalue weighted by atomic mass is 19.1. The van der Waals surface area contributed by atoms with Crippen LogP contribution in [0.15, 0.2) is 24.3 Å². The van der Waals surface area contributed by atoms with Crippen LogP contribution in [0.3, 0.4) is 0 Å². The van der Waals surface area contributed by atoms with Gasteiger partial charge in [-0.2, -0.15) is 0 Å². The number of β-amino-alcohol motifs (C(OH)–C–C–N with tert-alkyl or cyclic N) is 1. The van der Waals surface area contributed by atoms with Gasteiger partial charge >= 0.3 is 0 Å². The number of rotatable bonds is 3. The molecule has 1 aliphatic heterocycles. The molecule has 1 aromatic carbocycles. The maximum atomic E-state index is 13.6. The van der Waals surface area contributed by atoms with Crippen LogP contribution in [0.4, 0.5) is 4.39 Å². The monoisotopic (exact) mass is 224 g/mol. The smallest absolute Gasteiger partial charge is 0.128 e. The van der Waals surface area contributed by atoms with Crippen molar-refractivity contribution in [2.24, 2.45) is 5.73 Å². The quantitative estimate of drug-likeness (QED) is 0.801. The Balaban J connectivity index is 2.19. The summed E-state index contributed by atoms with van der Waals surface area (Å²) in [6.45, 7) is 1.72. The summed E-state index contributed by atoms with van der Waals surface area (Å²) in [6.07, 6.45) is 0.436. The fourth-order valence-corrected chi connectivity index (χ4v) is 2.27. The largest absolute Gasteiger partial charge is 0.392 e. The van der Waals surface area contributed by atoms with Crippen LogP contribution in [0.2, 0.25) is 0 Å². The predicted molar refractivity (Wildman–Crippen MR) is 60.4 cm³/mol. The van der Waals surface area contributed by atoms with Gasteiger partial charge in [0.1, 0.15) is 5.82 Å². The summed E-state index contributed by atoms with van der Waals surface area (Å²) in [4.78, 5) is 2.04. The Bertz CT molecular complexity index is 359. The van der Waals surface area contributed by atoms with Crippen LogP contribution in [-0.4, -0.2) is 35.7 Å². The molecule has 1 saturated heterocycles. The Labute approximate surface area is 94.7 Å². The molecule has 1 fully saturated rings. The van der Waals surface area contributed by atoms with Gasteiger partial charge in [-0.05, 0) is 12.5 Å². The normalized spacial score (nSPS) is 23.6. The fourth-order valence-electron chi connectivity index (χ4n) is 2.27. The predicted octanol–water partition coefficient (Wildman–Crippen LogP) is 0.892. The summed E-state index contributed by atoms with van der Waals surface area (Å²) < 4.78 is 13.6. The Kier molecular flexibility index (Phi) is 3.53. The van der Waals surface area contributed by atoms with Crippen LogP contribution in [0.5, 0.6) is 0 Å². The van der Waals surface area contributed by atoms with Crippen molar-refractivity contribution in [1.82, 2.24) is 4.90 Å². The Morgan fingerprint density at radius 1 is 1.50 bits per heavy atom. The number of nitrogens with two attached hydrogens (primary N) is 1. The van der Waals surface area contributed by atoms with Crippen LogP contribution in [0.25, 0.3) is 0 Å². The van der Waals surface area contributed by atoms with Gasteiger partial charge < -0.3 is 10.8 Å². The molecule has 1 aliphatic rings. The minimum atomic E-state index is -0.305.